The van der Waals surface area contributed by atoms with Gasteiger partial charge in [-0.15, -0.1) is 0 Å². The summed E-state index contributed by atoms with van der Waals surface area (Å²) in [6.45, 7) is 0. The highest BCUT2D eigenvalue weighted by molar-refractivity contribution is 5.90. The second-order valence-electron chi connectivity index (χ2n) is 3.41. The molecule has 0 heterocycles. The van der Waals surface area contributed by atoms with Crippen molar-refractivity contribution in [2.45, 2.75) is 6.10 Å². The molecule has 0 aromatic heterocycles. The van der Waals surface area contributed by atoms with E-state index >= 15 is 0 Å². The van der Waals surface area contributed by atoms with Crippen molar-refractivity contribution in [3.63, 3.8) is 0 Å². The van der Waals surface area contributed by atoms with Gasteiger partial charge in [0, 0.05) is 12.7 Å². The number of nitrogens with two attached hydrogens (primary N) is 1. The van der Waals surface area contributed by atoms with Gasteiger partial charge in [-0.05, 0) is 17.7 Å². The summed E-state index contributed by atoms with van der Waals surface area (Å²) in [7, 11) is 2.72. The first-order valence-electron chi connectivity index (χ1n) is 4.86. The van der Waals surface area contributed by atoms with Crippen molar-refractivity contribution in [2.75, 3.05) is 19.1 Å². The van der Waals surface area contributed by atoms with Gasteiger partial charge in [0.2, 0.25) is 0 Å². The van der Waals surface area contributed by atoms with Gasteiger partial charge in [0.25, 0.3) is 0 Å². The highest BCUT2D eigenvalue weighted by Crippen LogP contribution is 2.19. The second-order valence-corrected chi connectivity index (χ2v) is 3.41. The van der Waals surface area contributed by atoms with Crippen LogP contribution < -0.4 is 10.6 Å². The molecule has 92 valence electrons. The van der Waals surface area contributed by atoms with Gasteiger partial charge in [0.15, 0.2) is 6.10 Å². The normalized spacial score (nSPS) is 11.7. The predicted octanol–water partition coefficient (Wildman–Crippen LogP) is 0.408. The minimum Gasteiger partial charge on any atom is -0.467 e. The van der Waals surface area contributed by atoms with E-state index in [-0.39, 0.29) is 0 Å². The molecule has 0 spiro atoms. The number of methoxy groups -OCH3 is 1. The zero-order valence-corrected chi connectivity index (χ0v) is 9.58. The number of ether oxygens (including phenoxy) is 1. The summed E-state index contributed by atoms with van der Waals surface area (Å²) in [5, 5.41) is 9.55. The Balaban J connectivity index is 2.88. The molecule has 2 amide bonds. The average Bonchev–Trinajstić information content (AvgIpc) is 2.36. The van der Waals surface area contributed by atoms with Crippen LogP contribution in [0.15, 0.2) is 24.3 Å². The predicted molar refractivity (Wildman–Crippen MR) is 61.4 cm³/mol. The van der Waals surface area contributed by atoms with E-state index in [4.69, 9.17) is 5.73 Å². The number of urea groups is 1. The molecule has 1 aromatic carbocycles. The summed E-state index contributed by atoms with van der Waals surface area (Å²) >= 11 is 0. The summed E-state index contributed by atoms with van der Waals surface area (Å²) in [6, 6.07) is 5.61. The van der Waals surface area contributed by atoms with Gasteiger partial charge in [0.05, 0.1) is 7.11 Å². The molecule has 1 atom stereocenters. The van der Waals surface area contributed by atoms with Gasteiger partial charge in [0.1, 0.15) is 0 Å². The molecule has 1 aromatic rings. The summed E-state index contributed by atoms with van der Waals surface area (Å²) in [6.07, 6.45) is -1.33. The Kier molecular flexibility index (Phi) is 4.06. The van der Waals surface area contributed by atoms with Crippen molar-refractivity contribution in [3.05, 3.63) is 29.8 Å². The third-order valence-corrected chi connectivity index (χ3v) is 2.35. The number of rotatable bonds is 3. The molecule has 0 bridgehead atoms. The second kappa shape index (κ2) is 5.31. The van der Waals surface area contributed by atoms with Crippen LogP contribution in [0.4, 0.5) is 10.5 Å². The van der Waals surface area contributed by atoms with E-state index in [0.717, 1.165) is 0 Å². The molecule has 0 saturated carbocycles. The SMILES string of the molecule is COC(=O)C(O)c1ccc(N(C)C(N)=O)cc1. The van der Waals surface area contributed by atoms with Crippen LogP contribution in [0, 0.1) is 0 Å². The number of carbonyl (C=O) groups is 2. The van der Waals surface area contributed by atoms with Gasteiger partial charge in [-0.1, -0.05) is 12.1 Å². The molecule has 17 heavy (non-hydrogen) atoms. The van der Waals surface area contributed by atoms with Gasteiger partial charge < -0.3 is 15.6 Å². The number of hydrogen-bond donors (Lipinski definition) is 2. The fraction of sp³-hybridized carbons (Fsp3) is 0.273. The minimum absolute atomic E-state index is 0.387. The van der Waals surface area contributed by atoms with Crippen LogP contribution in [-0.2, 0) is 9.53 Å². The average molecular weight is 238 g/mol. The number of hydrogen-bond acceptors (Lipinski definition) is 4. The number of carbonyl (C=O) groups excluding carboxylic acids is 2. The first-order chi connectivity index (χ1) is 7.97. The molecular formula is C11H14N2O4. The minimum atomic E-state index is -1.33. The van der Waals surface area contributed by atoms with Crippen molar-refractivity contribution in [1.82, 2.24) is 0 Å². The number of anilines is 1. The summed E-state index contributed by atoms with van der Waals surface area (Å²) < 4.78 is 4.41. The third-order valence-electron chi connectivity index (χ3n) is 2.35. The molecule has 0 aliphatic heterocycles. The van der Waals surface area contributed by atoms with Crippen LogP contribution in [0.2, 0.25) is 0 Å². The van der Waals surface area contributed by atoms with E-state index in [9.17, 15) is 14.7 Å². The van der Waals surface area contributed by atoms with Crippen molar-refractivity contribution in [3.8, 4) is 0 Å². The number of primary amides is 1. The van der Waals surface area contributed by atoms with Crippen molar-refractivity contribution in [1.29, 1.82) is 0 Å². The smallest absolute Gasteiger partial charge is 0.339 e. The summed E-state index contributed by atoms with van der Waals surface area (Å²) in [4.78, 5) is 23.2. The van der Waals surface area contributed by atoms with Crippen LogP contribution >= 0.6 is 0 Å². The Labute approximate surface area is 98.6 Å². The Morgan fingerprint density at radius 3 is 2.29 bits per heavy atom. The van der Waals surface area contributed by atoms with E-state index < -0.39 is 18.1 Å². The van der Waals surface area contributed by atoms with Gasteiger partial charge >= 0.3 is 12.0 Å². The topological polar surface area (TPSA) is 92.9 Å². The highest BCUT2D eigenvalue weighted by atomic mass is 16.5. The van der Waals surface area contributed by atoms with E-state index in [0.29, 0.717) is 11.3 Å². The summed E-state index contributed by atoms with van der Waals surface area (Å²) in [5.74, 6) is -0.735. The number of nitrogens with zero attached hydrogens (tertiary/aromatic N) is 1. The zero-order valence-electron chi connectivity index (χ0n) is 9.58. The Hall–Kier alpha value is -2.08. The standard InChI is InChI=1S/C11H14N2O4/c1-13(11(12)16)8-5-3-7(4-6-8)9(14)10(15)17-2/h3-6,9,14H,1-2H3,(H2,12,16). The van der Waals surface area contributed by atoms with Crippen LogP contribution in [0.25, 0.3) is 0 Å². The molecule has 0 aliphatic carbocycles. The molecular weight excluding hydrogens is 224 g/mol. The number of aliphatic hydroxyl groups is 1. The van der Waals surface area contributed by atoms with Gasteiger partial charge in [-0.3, -0.25) is 4.90 Å². The largest absolute Gasteiger partial charge is 0.467 e. The molecule has 6 heteroatoms. The lowest BCUT2D eigenvalue weighted by molar-refractivity contribution is -0.150. The molecule has 6 nitrogen and oxygen atoms in total. The lowest BCUT2D eigenvalue weighted by atomic mass is 10.1. The number of aliphatic hydroxyl groups excluding tert-OH is 1. The van der Waals surface area contributed by atoms with E-state index in [1.807, 2.05) is 0 Å². The third kappa shape index (κ3) is 2.94. The monoisotopic (exact) mass is 238 g/mol. The van der Waals surface area contributed by atoms with E-state index in [1.165, 1.54) is 31.2 Å². The van der Waals surface area contributed by atoms with Crippen LogP contribution in [0.5, 0.6) is 0 Å². The Morgan fingerprint density at radius 2 is 1.88 bits per heavy atom. The maximum atomic E-state index is 11.1. The van der Waals surface area contributed by atoms with E-state index in [1.54, 1.807) is 12.1 Å². The maximum Gasteiger partial charge on any atom is 0.339 e. The van der Waals surface area contributed by atoms with Crippen molar-refractivity contribution in [2.24, 2.45) is 5.73 Å². The van der Waals surface area contributed by atoms with E-state index in [2.05, 4.69) is 4.74 Å². The lowest BCUT2D eigenvalue weighted by Crippen LogP contribution is -2.31. The quantitative estimate of drug-likeness (QED) is 0.746. The number of benzene rings is 1. The van der Waals surface area contributed by atoms with Crippen LogP contribution in [-0.4, -0.2) is 31.3 Å². The zero-order chi connectivity index (χ0) is 13.0. The molecule has 0 saturated heterocycles. The summed E-state index contributed by atoms with van der Waals surface area (Å²) in [5.41, 5.74) is 6.05. The molecule has 0 aliphatic rings. The first kappa shape index (κ1) is 13.0. The van der Waals surface area contributed by atoms with Crippen molar-refractivity contribution < 1.29 is 19.4 Å². The Bertz CT molecular complexity index is 416. The van der Waals surface area contributed by atoms with Gasteiger partial charge in [-0.2, -0.15) is 0 Å². The van der Waals surface area contributed by atoms with Crippen LogP contribution in [0.1, 0.15) is 11.7 Å². The lowest BCUT2D eigenvalue weighted by Gasteiger charge is -2.15. The molecule has 3 N–H and O–H groups in total. The fourth-order valence-corrected chi connectivity index (χ4v) is 1.26. The number of esters is 1. The Morgan fingerprint density at radius 1 is 1.35 bits per heavy atom. The first-order valence-corrected chi connectivity index (χ1v) is 4.86. The maximum absolute atomic E-state index is 11.1. The molecule has 1 rings (SSSR count). The number of amides is 2. The fourth-order valence-electron chi connectivity index (χ4n) is 1.26. The van der Waals surface area contributed by atoms with Crippen molar-refractivity contribution >= 4 is 17.7 Å². The molecule has 0 fully saturated rings. The molecule has 1 unspecified atom stereocenters. The van der Waals surface area contributed by atoms with Crippen LogP contribution in [0.3, 0.4) is 0 Å². The molecule has 0 radical (unpaired) electrons. The highest BCUT2D eigenvalue weighted by Gasteiger charge is 2.17. The van der Waals surface area contributed by atoms with Gasteiger partial charge in [-0.25, -0.2) is 9.59 Å².